The van der Waals surface area contributed by atoms with Crippen LogP contribution in [0, 0.1) is 0 Å². The maximum atomic E-state index is 12.1. The highest BCUT2D eigenvalue weighted by Gasteiger charge is 2.35. The fourth-order valence-corrected chi connectivity index (χ4v) is 5.08. The summed E-state index contributed by atoms with van der Waals surface area (Å²) in [5.74, 6) is -0.764. The summed E-state index contributed by atoms with van der Waals surface area (Å²) in [6.07, 6.45) is 5.30. The van der Waals surface area contributed by atoms with Gasteiger partial charge in [0, 0.05) is 12.7 Å². The van der Waals surface area contributed by atoms with E-state index in [9.17, 15) is 18.3 Å². The maximum absolute atomic E-state index is 12.1. The molecule has 2 unspecified atom stereocenters. The van der Waals surface area contributed by atoms with Gasteiger partial charge < -0.3 is 9.67 Å². The molecule has 110 valence electrons. The lowest BCUT2D eigenvalue weighted by molar-refractivity contribution is -0.139. The Morgan fingerprint density at radius 1 is 1.30 bits per heavy atom. The van der Waals surface area contributed by atoms with Crippen LogP contribution in [0.1, 0.15) is 54.8 Å². The van der Waals surface area contributed by atoms with Gasteiger partial charge in [-0.1, -0.05) is 6.42 Å². The van der Waals surface area contributed by atoms with Gasteiger partial charge in [0.2, 0.25) is 0 Å². The number of carboxylic acid groups (broad SMARTS) is 1. The minimum atomic E-state index is -3.14. The Balaban J connectivity index is 1.99. The second kappa shape index (κ2) is 4.87. The zero-order chi connectivity index (χ0) is 14.3. The van der Waals surface area contributed by atoms with E-state index >= 15 is 0 Å². The lowest BCUT2D eigenvalue weighted by Crippen LogP contribution is -2.22. The molecule has 0 spiro atoms. The van der Waals surface area contributed by atoms with Gasteiger partial charge in [-0.3, -0.25) is 4.79 Å². The molecule has 6 nitrogen and oxygen atoms in total. The van der Waals surface area contributed by atoms with E-state index in [2.05, 4.69) is 4.98 Å². The molecule has 0 bridgehead atoms. The zero-order valence-electron chi connectivity index (χ0n) is 11.2. The average molecular weight is 298 g/mol. The lowest BCUT2D eigenvalue weighted by atomic mass is 9.99. The number of carboxylic acids is 1. The molecule has 1 aromatic rings. The molecule has 1 saturated heterocycles. The van der Waals surface area contributed by atoms with Crippen LogP contribution in [0.4, 0.5) is 0 Å². The molecule has 2 atom stereocenters. The Morgan fingerprint density at radius 2 is 2.10 bits per heavy atom. The van der Waals surface area contributed by atoms with Crippen molar-refractivity contribution in [1.29, 1.82) is 0 Å². The molecule has 1 N–H and O–H groups in total. The van der Waals surface area contributed by atoms with Crippen molar-refractivity contribution in [2.24, 2.45) is 0 Å². The fourth-order valence-electron chi connectivity index (χ4n) is 3.18. The van der Waals surface area contributed by atoms with Crippen molar-refractivity contribution in [3.05, 3.63) is 17.7 Å². The summed E-state index contributed by atoms with van der Waals surface area (Å²) in [6.45, 7) is 0.721. The van der Waals surface area contributed by atoms with Gasteiger partial charge in [0.1, 0.15) is 17.0 Å². The summed E-state index contributed by atoms with van der Waals surface area (Å²) in [7, 11) is -3.14. The standard InChI is InChI=1S/C13H18N2O4S/c16-13(17)9-4-3-6-15-8-10(14-12(9)15)11-5-1-2-7-20(11,18)19/h8-9,11H,1-7H2,(H,16,17). The molecule has 2 aliphatic heterocycles. The largest absolute Gasteiger partial charge is 0.481 e. The number of hydrogen-bond donors (Lipinski definition) is 1. The van der Waals surface area contributed by atoms with Crippen molar-refractivity contribution in [2.75, 3.05) is 5.75 Å². The first-order valence-corrected chi connectivity index (χ1v) is 8.72. The third kappa shape index (κ3) is 2.24. The second-order valence-electron chi connectivity index (χ2n) is 5.60. The molecule has 1 fully saturated rings. The van der Waals surface area contributed by atoms with Gasteiger partial charge in [0.15, 0.2) is 9.84 Å². The van der Waals surface area contributed by atoms with Gasteiger partial charge in [0.05, 0.1) is 11.4 Å². The number of rotatable bonds is 2. The predicted octanol–water partition coefficient (Wildman–Crippen LogP) is 1.48. The van der Waals surface area contributed by atoms with E-state index in [1.165, 1.54) is 0 Å². The van der Waals surface area contributed by atoms with Gasteiger partial charge in [-0.05, 0) is 25.7 Å². The summed E-state index contributed by atoms with van der Waals surface area (Å²) in [5, 5.41) is 8.68. The summed E-state index contributed by atoms with van der Waals surface area (Å²) < 4.78 is 26.1. The van der Waals surface area contributed by atoms with Crippen LogP contribution >= 0.6 is 0 Å². The van der Waals surface area contributed by atoms with Crippen LogP contribution in [0.2, 0.25) is 0 Å². The first-order valence-electron chi connectivity index (χ1n) is 7.00. The molecule has 2 aliphatic rings. The highest BCUT2D eigenvalue weighted by molar-refractivity contribution is 7.91. The van der Waals surface area contributed by atoms with Crippen molar-refractivity contribution in [3.8, 4) is 0 Å². The highest BCUT2D eigenvalue weighted by Crippen LogP contribution is 2.35. The molecule has 20 heavy (non-hydrogen) atoms. The van der Waals surface area contributed by atoms with E-state index in [-0.39, 0.29) is 5.75 Å². The number of aromatic nitrogens is 2. The number of nitrogens with zero attached hydrogens (tertiary/aromatic N) is 2. The molecule has 0 aromatic carbocycles. The summed E-state index contributed by atoms with van der Waals surface area (Å²) in [4.78, 5) is 15.6. The highest BCUT2D eigenvalue weighted by atomic mass is 32.2. The topological polar surface area (TPSA) is 89.3 Å². The number of aliphatic carboxylic acids is 1. The number of sulfone groups is 1. The van der Waals surface area contributed by atoms with Crippen LogP contribution in [-0.2, 0) is 21.2 Å². The van der Waals surface area contributed by atoms with E-state index in [1.54, 1.807) is 6.20 Å². The monoisotopic (exact) mass is 298 g/mol. The summed E-state index contributed by atoms with van der Waals surface area (Å²) in [6, 6.07) is 0. The van der Waals surface area contributed by atoms with E-state index in [4.69, 9.17) is 0 Å². The first-order chi connectivity index (χ1) is 9.49. The third-order valence-electron chi connectivity index (χ3n) is 4.24. The molecule has 3 heterocycles. The fraction of sp³-hybridized carbons (Fsp3) is 0.692. The number of aryl methyl sites for hydroxylation is 1. The van der Waals surface area contributed by atoms with Crippen LogP contribution in [0.15, 0.2) is 6.20 Å². The minimum absolute atomic E-state index is 0.211. The van der Waals surface area contributed by atoms with Gasteiger partial charge in [-0.25, -0.2) is 13.4 Å². The quantitative estimate of drug-likeness (QED) is 0.893. The van der Waals surface area contributed by atoms with E-state index in [1.807, 2.05) is 4.57 Å². The van der Waals surface area contributed by atoms with Crippen molar-refractivity contribution < 1.29 is 18.3 Å². The molecule has 0 saturated carbocycles. The van der Waals surface area contributed by atoms with E-state index in [0.717, 1.165) is 19.4 Å². The van der Waals surface area contributed by atoms with Crippen molar-refractivity contribution in [1.82, 2.24) is 9.55 Å². The van der Waals surface area contributed by atoms with Crippen LogP contribution in [0.5, 0.6) is 0 Å². The van der Waals surface area contributed by atoms with Crippen LogP contribution in [-0.4, -0.2) is 34.8 Å². The van der Waals surface area contributed by atoms with Crippen molar-refractivity contribution in [2.45, 2.75) is 49.8 Å². The van der Waals surface area contributed by atoms with Gasteiger partial charge in [0.25, 0.3) is 0 Å². The Bertz CT molecular complexity index is 635. The predicted molar refractivity (Wildman–Crippen MR) is 72.2 cm³/mol. The van der Waals surface area contributed by atoms with Gasteiger partial charge >= 0.3 is 5.97 Å². The Labute approximate surface area is 117 Å². The van der Waals surface area contributed by atoms with Gasteiger partial charge in [-0.2, -0.15) is 0 Å². The minimum Gasteiger partial charge on any atom is -0.481 e. The summed E-state index contributed by atoms with van der Waals surface area (Å²) >= 11 is 0. The average Bonchev–Trinajstić information content (AvgIpc) is 2.80. The second-order valence-corrected chi connectivity index (χ2v) is 7.90. The van der Waals surface area contributed by atoms with Crippen molar-refractivity contribution in [3.63, 3.8) is 0 Å². The molecular weight excluding hydrogens is 280 g/mol. The molecule has 0 aliphatic carbocycles. The van der Waals surface area contributed by atoms with Crippen LogP contribution < -0.4 is 0 Å². The lowest BCUT2D eigenvalue weighted by Gasteiger charge is -2.20. The summed E-state index contributed by atoms with van der Waals surface area (Å²) in [5.41, 5.74) is 0.535. The van der Waals surface area contributed by atoms with Crippen molar-refractivity contribution >= 4 is 15.8 Å². The molecule has 7 heteroatoms. The van der Waals surface area contributed by atoms with Crippen LogP contribution in [0.3, 0.4) is 0 Å². The molecule has 0 radical (unpaired) electrons. The van der Waals surface area contributed by atoms with Crippen LogP contribution in [0.25, 0.3) is 0 Å². The zero-order valence-corrected chi connectivity index (χ0v) is 12.0. The number of fused-ring (bicyclic) bond motifs is 1. The maximum Gasteiger partial charge on any atom is 0.314 e. The normalized spacial score (nSPS) is 28.8. The van der Waals surface area contributed by atoms with E-state index < -0.39 is 27.0 Å². The molecular formula is C13H18N2O4S. The number of imidazole rings is 1. The smallest absolute Gasteiger partial charge is 0.314 e. The Kier molecular flexibility index (Phi) is 3.32. The Morgan fingerprint density at radius 3 is 2.80 bits per heavy atom. The molecule has 1 aromatic heterocycles. The molecule has 0 amide bonds. The Hall–Kier alpha value is -1.37. The SMILES string of the molecule is O=C(O)C1CCCn2cc(C3CCCCS3(=O)=O)nc21. The molecule has 3 rings (SSSR count). The first kappa shape index (κ1) is 13.6. The van der Waals surface area contributed by atoms with Gasteiger partial charge in [-0.15, -0.1) is 0 Å². The number of hydrogen-bond acceptors (Lipinski definition) is 4. The van der Waals surface area contributed by atoms with E-state index in [0.29, 0.717) is 30.8 Å². The number of carbonyl (C=O) groups is 1. The third-order valence-corrected chi connectivity index (χ3v) is 6.44.